The van der Waals surface area contributed by atoms with Gasteiger partial charge in [0.1, 0.15) is 0 Å². The zero-order valence-corrected chi connectivity index (χ0v) is 10.8. The summed E-state index contributed by atoms with van der Waals surface area (Å²) in [5.74, 6) is 1.02. The van der Waals surface area contributed by atoms with Gasteiger partial charge < -0.3 is 5.32 Å². The number of rotatable bonds is 3. The Hall–Kier alpha value is -0.0400. The van der Waals surface area contributed by atoms with Crippen LogP contribution in [0.3, 0.4) is 0 Å². The second-order valence-electron chi connectivity index (χ2n) is 6.66. The summed E-state index contributed by atoms with van der Waals surface area (Å²) in [6.45, 7) is 2.33. The third-order valence-electron chi connectivity index (χ3n) is 5.61. The molecular weight excluding hydrogens is 194 g/mol. The van der Waals surface area contributed by atoms with Gasteiger partial charge in [-0.1, -0.05) is 26.2 Å². The second kappa shape index (κ2) is 4.33. The molecule has 3 fully saturated rings. The van der Waals surface area contributed by atoms with Crippen LogP contribution in [-0.4, -0.2) is 12.1 Å². The molecule has 3 aliphatic rings. The molecule has 1 N–H and O–H groups in total. The molecule has 2 unspecified atom stereocenters. The van der Waals surface area contributed by atoms with E-state index in [0.717, 1.165) is 23.4 Å². The van der Waals surface area contributed by atoms with Crippen molar-refractivity contribution >= 4 is 0 Å². The average Bonchev–Trinajstić information content (AvgIpc) is 2.92. The molecule has 0 heterocycles. The summed E-state index contributed by atoms with van der Waals surface area (Å²) in [5.41, 5.74) is 0.811. The topological polar surface area (TPSA) is 12.0 Å². The van der Waals surface area contributed by atoms with Gasteiger partial charge in [-0.25, -0.2) is 0 Å². The van der Waals surface area contributed by atoms with Crippen molar-refractivity contribution < 1.29 is 0 Å². The van der Waals surface area contributed by atoms with Gasteiger partial charge in [-0.15, -0.1) is 0 Å². The van der Waals surface area contributed by atoms with E-state index < -0.39 is 0 Å². The summed E-state index contributed by atoms with van der Waals surface area (Å²) < 4.78 is 0. The van der Waals surface area contributed by atoms with Crippen LogP contribution in [0.25, 0.3) is 0 Å². The monoisotopic (exact) mass is 221 g/mol. The van der Waals surface area contributed by atoms with Crippen molar-refractivity contribution in [3.63, 3.8) is 0 Å². The highest BCUT2D eigenvalue weighted by Crippen LogP contribution is 2.49. The maximum atomic E-state index is 3.90. The first kappa shape index (κ1) is 11.1. The van der Waals surface area contributed by atoms with Crippen LogP contribution in [0.4, 0.5) is 0 Å². The zero-order valence-electron chi connectivity index (χ0n) is 10.8. The van der Waals surface area contributed by atoms with Gasteiger partial charge in [-0.05, 0) is 56.3 Å². The molecule has 0 aromatic rings. The minimum atomic E-state index is 0.811. The van der Waals surface area contributed by atoms with E-state index in [2.05, 4.69) is 12.2 Å². The Kier molecular flexibility index (Phi) is 2.99. The van der Waals surface area contributed by atoms with Gasteiger partial charge in [0.2, 0.25) is 0 Å². The van der Waals surface area contributed by atoms with Gasteiger partial charge in [-0.3, -0.25) is 0 Å². The summed E-state index contributed by atoms with van der Waals surface area (Å²) in [7, 11) is 0. The normalized spacial score (nSPS) is 38.1. The minimum Gasteiger partial charge on any atom is -0.311 e. The fourth-order valence-electron chi connectivity index (χ4n) is 4.23. The molecule has 3 aliphatic carbocycles. The van der Waals surface area contributed by atoms with Crippen molar-refractivity contribution in [1.29, 1.82) is 0 Å². The van der Waals surface area contributed by atoms with Crippen molar-refractivity contribution in [2.24, 2.45) is 11.3 Å². The van der Waals surface area contributed by atoms with E-state index in [0.29, 0.717) is 0 Å². The number of nitrogens with one attached hydrogen (secondary N) is 1. The van der Waals surface area contributed by atoms with Crippen LogP contribution in [0.5, 0.6) is 0 Å². The molecule has 2 atom stereocenters. The first-order chi connectivity index (χ1) is 7.81. The Balaban J connectivity index is 1.44. The second-order valence-corrected chi connectivity index (χ2v) is 6.66. The molecule has 16 heavy (non-hydrogen) atoms. The Labute approximate surface area is 100 Å². The molecule has 1 nitrogen and oxygen atoms in total. The van der Waals surface area contributed by atoms with Gasteiger partial charge >= 0.3 is 0 Å². The van der Waals surface area contributed by atoms with Gasteiger partial charge in [0.25, 0.3) is 0 Å². The largest absolute Gasteiger partial charge is 0.311 e. The number of hydrogen-bond donors (Lipinski definition) is 1. The van der Waals surface area contributed by atoms with E-state index in [4.69, 9.17) is 0 Å². The first-order valence-electron chi connectivity index (χ1n) is 7.57. The van der Waals surface area contributed by atoms with Crippen molar-refractivity contribution in [2.45, 2.75) is 83.2 Å². The van der Waals surface area contributed by atoms with E-state index >= 15 is 0 Å². The number of hydrogen-bond acceptors (Lipinski definition) is 1. The Morgan fingerprint density at radius 1 is 1.06 bits per heavy atom. The lowest BCUT2D eigenvalue weighted by Gasteiger charge is -2.37. The van der Waals surface area contributed by atoms with E-state index in [1.54, 1.807) is 12.8 Å². The van der Waals surface area contributed by atoms with Crippen LogP contribution < -0.4 is 5.32 Å². The third-order valence-corrected chi connectivity index (χ3v) is 5.61. The molecule has 92 valence electrons. The van der Waals surface area contributed by atoms with Crippen molar-refractivity contribution in [3.05, 3.63) is 0 Å². The molecule has 0 saturated heterocycles. The molecule has 3 saturated carbocycles. The molecule has 0 amide bonds. The average molecular weight is 221 g/mol. The molecule has 0 radical (unpaired) electrons. The van der Waals surface area contributed by atoms with Crippen molar-refractivity contribution in [1.82, 2.24) is 5.32 Å². The lowest BCUT2D eigenvalue weighted by molar-refractivity contribution is 0.167. The standard InChI is InChI=1S/C15H27N/c1-2-12-11-14(12)16-13-5-9-15(10-6-13)7-3-4-8-15/h12-14,16H,2-11H2,1H3. The quantitative estimate of drug-likeness (QED) is 0.762. The first-order valence-corrected chi connectivity index (χ1v) is 7.57. The molecular formula is C15H27N. The molecule has 0 aromatic heterocycles. The van der Waals surface area contributed by atoms with Crippen LogP contribution in [0.1, 0.15) is 71.1 Å². The van der Waals surface area contributed by atoms with Crippen LogP contribution in [0, 0.1) is 11.3 Å². The predicted octanol–water partition coefficient (Wildman–Crippen LogP) is 3.88. The van der Waals surface area contributed by atoms with E-state index in [9.17, 15) is 0 Å². The fraction of sp³-hybridized carbons (Fsp3) is 1.00. The van der Waals surface area contributed by atoms with Gasteiger partial charge in [0.05, 0.1) is 0 Å². The molecule has 1 heteroatoms. The van der Waals surface area contributed by atoms with Gasteiger partial charge in [0.15, 0.2) is 0 Å². The summed E-state index contributed by atoms with van der Waals surface area (Å²) in [5, 5.41) is 3.90. The lowest BCUT2D eigenvalue weighted by atomic mass is 9.71. The Bertz CT molecular complexity index is 232. The summed E-state index contributed by atoms with van der Waals surface area (Å²) in [6, 6.07) is 1.76. The molecule has 3 rings (SSSR count). The molecule has 0 aliphatic heterocycles. The van der Waals surface area contributed by atoms with Crippen LogP contribution >= 0.6 is 0 Å². The minimum absolute atomic E-state index is 0.811. The van der Waals surface area contributed by atoms with Gasteiger partial charge in [0, 0.05) is 12.1 Å². The predicted molar refractivity (Wildman–Crippen MR) is 68.5 cm³/mol. The molecule has 0 aromatic carbocycles. The maximum Gasteiger partial charge on any atom is 0.0102 e. The lowest BCUT2D eigenvalue weighted by Crippen LogP contribution is -2.38. The van der Waals surface area contributed by atoms with Crippen molar-refractivity contribution in [3.8, 4) is 0 Å². The van der Waals surface area contributed by atoms with Crippen molar-refractivity contribution in [2.75, 3.05) is 0 Å². The maximum absolute atomic E-state index is 3.90. The highest BCUT2D eigenvalue weighted by Gasteiger charge is 2.41. The van der Waals surface area contributed by atoms with E-state index in [1.165, 1.54) is 51.4 Å². The molecule has 1 spiro atoms. The van der Waals surface area contributed by atoms with E-state index in [-0.39, 0.29) is 0 Å². The fourth-order valence-corrected chi connectivity index (χ4v) is 4.23. The Morgan fingerprint density at radius 3 is 2.31 bits per heavy atom. The molecule has 0 bridgehead atoms. The van der Waals surface area contributed by atoms with Crippen LogP contribution in [0.15, 0.2) is 0 Å². The van der Waals surface area contributed by atoms with Crippen LogP contribution in [0.2, 0.25) is 0 Å². The van der Waals surface area contributed by atoms with Gasteiger partial charge in [-0.2, -0.15) is 0 Å². The third kappa shape index (κ3) is 2.16. The highest BCUT2D eigenvalue weighted by molar-refractivity contribution is 4.97. The Morgan fingerprint density at radius 2 is 1.75 bits per heavy atom. The summed E-state index contributed by atoms with van der Waals surface area (Å²) in [6.07, 6.45) is 14.9. The smallest absolute Gasteiger partial charge is 0.0102 e. The summed E-state index contributed by atoms with van der Waals surface area (Å²) >= 11 is 0. The zero-order chi connectivity index (χ0) is 11.0. The summed E-state index contributed by atoms with van der Waals surface area (Å²) in [4.78, 5) is 0. The SMILES string of the molecule is CCC1CC1NC1CCC2(CCCC2)CC1. The van der Waals surface area contributed by atoms with E-state index in [1.807, 2.05) is 0 Å². The van der Waals surface area contributed by atoms with Crippen LogP contribution in [-0.2, 0) is 0 Å². The highest BCUT2D eigenvalue weighted by atomic mass is 15.0.